The molecule has 0 fully saturated rings. The maximum absolute atomic E-state index is 12.6. The van der Waals surface area contributed by atoms with Crippen LogP contribution in [0.5, 0.6) is 5.75 Å². The Balaban J connectivity index is 0.00000706. The molecular formula is C62H52N3OPt-. The Kier molecular flexibility index (Phi) is 9.58. The van der Waals surface area contributed by atoms with E-state index in [1.807, 2.05) is 126 Å². The third-order valence-electron chi connectivity index (χ3n) is 12.2. The van der Waals surface area contributed by atoms with Crippen molar-refractivity contribution in [3.8, 4) is 89.7 Å². The van der Waals surface area contributed by atoms with Crippen LogP contribution >= 0.6 is 0 Å². The van der Waals surface area contributed by atoms with Gasteiger partial charge in [-0.3, -0.25) is 9.55 Å². The summed E-state index contributed by atoms with van der Waals surface area (Å²) >= 11 is 0. The van der Waals surface area contributed by atoms with Crippen LogP contribution in [-0.2, 0) is 31.9 Å². The molecular weight excluding hydrogens is 998 g/mol. The van der Waals surface area contributed by atoms with Crippen LogP contribution in [0, 0.1) is 6.07 Å². The van der Waals surface area contributed by atoms with E-state index >= 15 is 0 Å². The van der Waals surface area contributed by atoms with Crippen molar-refractivity contribution in [1.29, 1.82) is 0 Å². The number of imidazole rings is 1. The molecule has 2 aromatic heterocycles. The van der Waals surface area contributed by atoms with Gasteiger partial charge in [0, 0.05) is 50.9 Å². The minimum Gasteiger partial charge on any atom is -0.507 e. The standard InChI is InChI=1S/C62H52N3O.Pt/c1-61(2,3)50-32-33-56(53(40-50)45-22-14-9-15-23-45)65-57-27-17-24-51(58(57)64-60(65)52-25-16-26-54(59(52)66)62(4,5)6)48-36-47(42-20-12-8-13-21-42)37-49(38-48)55-39-46(34-35-63-55)44-30-28-43(29-31-44)41-18-10-7-11-19-41;/h7-37,39-40,66H,1-6H3;/q-1;/i4D3,5D3,6D3;. The van der Waals surface area contributed by atoms with Gasteiger partial charge in [0.1, 0.15) is 11.6 Å². The first-order chi connectivity index (χ1) is 35.7. The van der Waals surface area contributed by atoms with E-state index in [0.29, 0.717) is 33.5 Å². The van der Waals surface area contributed by atoms with Gasteiger partial charge < -0.3 is 5.11 Å². The smallest absolute Gasteiger partial charge is 0.148 e. The van der Waals surface area contributed by atoms with Gasteiger partial charge in [-0.15, -0.1) is 23.8 Å². The number of benzene rings is 8. The second-order valence-electron chi connectivity index (χ2n) is 17.7. The van der Waals surface area contributed by atoms with E-state index in [1.54, 1.807) is 6.20 Å². The quantitative estimate of drug-likeness (QED) is 0.154. The molecule has 0 spiro atoms. The van der Waals surface area contributed by atoms with Gasteiger partial charge in [-0.25, -0.2) is 4.98 Å². The number of pyridine rings is 1. The molecule has 0 amide bonds. The molecule has 8 aromatic carbocycles. The molecule has 0 aliphatic carbocycles. The Morgan fingerprint density at radius 3 is 1.75 bits per heavy atom. The van der Waals surface area contributed by atoms with E-state index in [-0.39, 0.29) is 37.9 Å². The van der Waals surface area contributed by atoms with Gasteiger partial charge in [0.05, 0.1) is 22.3 Å². The molecule has 2 heterocycles. The molecule has 0 aliphatic heterocycles. The summed E-state index contributed by atoms with van der Waals surface area (Å²) in [4.78, 5) is 10.2. The van der Waals surface area contributed by atoms with Crippen molar-refractivity contribution < 1.29 is 38.5 Å². The van der Waals surface area contributed by atoms with Crippen LogP contribution in [0.2, 0.25) is 0 Å². The first-order valence-electron chi connectivity index (χ1n) is 26.5. The van der Waals surface area contributed by atoms with E-state index in [1.165, 1.54) is 12.1 Å². The van der Waals surface area contributed by atoms with Crippen LogP contribution in [0.15, 0.2) is 200 Å². The van der Waals surface area contributed by atoms with Crippen LogP contribution < -0.4 is 0 Å². The van der Waals surface area contributed by atoms with Crippen molar-refractivity contribution >= 4 is 11.0 Å². The molecule has 5 heteroatoms. The zero-order valence-corrected chi connectivity index (χ0v) is 39.4. The zero-order valence-electron chi connectivity index (χ0n) is 46.2. The Morgan fingerprint density at radius 2 is 1.09 bits per heavy atom. The first kappa shape index (κ1) is 35.1. The van der Waals surface area contributed by atoms with Gasteiger partial charge in [0.2, 0.25) is 0 Å². The SMILES string of the molecule is [2H]C([2H])([2H])C(c1cccc(-c2nc3c(-c4[c-]c(-c5cc(-c6ccc(-c7ccccc7)cc6)ccn5)cc(-c5ccccc5)c4)cccc3n2-c2ccc(C(C)(C)C)cc2-c2ccccc2)c1O)(C([2H])([2H])[2H])C([2H])([2H])[2H].[Pt]. The Morgan fingerprint density at radius 1 is 0.507 bits per heavy atom. The molecule has 332 valence electrons. The average Bonchev–Trinajstić information content (AvgIpc) is 3.94. The average molecular weight is 1060 g/mol. The Bertz CT molecular complexity index is 3680. The molecule has 67 heavy (non-hydrogen) atoms. The number of aromatic hydroxyl groups is 1. The predicted molar refractivity (Wildman–Crippen MR) is 275 cm³/mol. The van der Waals surface area contributed by atoms with Crippen molar-refractivity contribution in [2.24, 2.45) is 0 Å². The summed E-state index contributed by atoms with van der Waals surface area (Å²) in [6.45, 7) is -4.51. The molecule has 4 nitrogen and oxygen atoms in total. The second kappa shape index (κ2) is 18.3. The molecule has 0 atom stereocenters. The van der Waals surface area contributed by atoms with Crippen LogP contribution in [-0.4, -0.2) is 19.6 Å². The molecule has 0 radical (unpaired) electrons. The molecule has 1 N–H and O–H groups in total. The summed E-state index contributed by atoms with van der Waals surface area (Å²) in [7, 11) is 0. The van der Waals surface area contributed by atoms with Crippen molar-refractivity contribution in [3.63, 3.8) is 0 Å². The summed E-state index contributed by atoms with van der Waals surface area (Å²) in [5, 5.41) is 12.6. The fraction of sp³-hybridized carbons (Fsp3) is 0.129. The Hall–Kier alpha value is -7.13. The summed E-state index contributed by atoms with van der Waals surface area (Å²) in [5.74, 6) is -0.716. The minimum absolute atomic E-state index is 0. The number of aromatic nitrogens is 3. The molecule has 0 bridgehead atoms. The normalized spacial score (nSPS) is 14.2. The Labute approximate surface area is 421 Å². The molecule has 10 aromatic rings. The van der Waals surface area contributed by atoms with Crippen LogP contribution in [0.1, 0.15) is 64.8 Å². The third-order valence-corrected chi connectivity index (χ3v) is 12.2. The molecule has 0 aliphatic rings. The summed E-state index contributed by atoms with van der Waals surface area (Å²) in [6.07, 6.45) is 1.79. The van der Waals surface area contributed by atoms with Crippen LogP contribution in [0.25, 0.3) is 95.0 Å². The van der Waals surface area contributed by atoms with Gasteiger partial charge in [0.25, 0.3) is 0 Å². The predicted octanol–water partition coefficient (Wildman–Crippen LogP) is 16.2. The van der Waals surface area contributed by atoms with E-state index in [0.717, 1.165) is 61.7 Å². The van der Waals surface area contributed by atoms with Crippen molar-refractivity contribution in [2.75, 3.05) is 0 Å². The summed E-state index contributed by atoms with van der Waals surface area (Å²) < 4.78 is 78.9. The number of hydrogen-bond donors (Lipinski definition) is 1. The van der Waals surface area contributed by atoms with Crippen molar-refractivity contribution in [2.45, 2.75) is 52.2 Å². The maximum Gasteiger partial charge on any atom is 0.148 e. The number of phenolic OH excluding ortho intramolecular Hbond substituents is 1. The summed E-state index contributed by atoms with van der Waals surface area (Å²) in [6, 6.07) is 66.1. The third kappa shape index (κ3) is 8.95. The fourth-order valence-corrected chi connectivity index (χ4v) is 8.71. The van der Waals surface area contributed by atoms with E-state index in [4.69, 9.17) is 22.3 Å². The van der Waals surface area contributed by atoms with Gasteiger partial charge in [0.15, 0.2) is 0 Å². The molecule has 0 unspecified atom stereocenters. The fourth-order valence-electron chi connectivity index (χ4n) is 8.71. The number of rotatable bonds is 8. The summed E-state index contributed by atoms with van der Waals surface area (Å²) in [5.41, 5.74) is 8.65. The molecule has 10 rings (SSSR count). The number of hydrogen-bond acceptors (Lipinski definition) is 3. The van der Waals surface area contributed by atoms with E-state index in [9.17, 15) is 5.11 Å². The van der Waals surface area contributed by atoms with Gasteiger partial charge >= 0.3 is 0 Å². The maximum atomic E-state index is 12.6. The minimum atomic E-state index is -3.63. The zero-order chi connectivity index (χ0) is 53.1. The van der Waals surface area contributed by atoms with Gasteiger partial charge in [-0.05, 0) is 85.7 Å². The molecule has 0 saturated heterocycles. The van der Waals surface area contributed by atoms with E-state index in [2.05, 4.69) is 81.4 Å². The monoisotopic (exact) mass is 1060 g/mol. The number of phenols is 1. The van der Waals surface area contributed by atoms with Crippen molar-refractivity contribution in [3.05, 3.63) is 218 Å². The number of para-hydroxylation sites is 2. The van der Waals surface area contributed by atoms with Crippen molar-refractivity contribution in [1.82, 2.24) is 14.5 Å². The topological polar surface area (TPSA) is 50.9 Å². The van der Waals surface area contributed by atoms with Gasteiger partial charge in [-0.1, -0.05) is 210 Å². The number of fused-ring (bicyclic) bond motifs is 1. The largest absolute Gasteiger partial charge is 0.507 e. The van der Waals surface area contributed by atoms with Crippen LogP contribution in [0.3, 0.4) is 0 Å². The molecule has 0 saturated carbocycles. The van der Waals surface area contributed by atoms with E-state index < -0.39 is 37.3 Å². The number of nitrogens with zero attached hydrogens (tertiary/aromatic N) is 3. The second-order valence-corrected chi connectivity index (χ2v) is 17.7. The van der Waals surface area contributed by atoms with Gasteiger partial charge in [-0.2, -0.15) is 0 Å². The van der Waals surface area contributed by atoms with Crippen LogP contribution in [0.4, 0.5) is 0 Å². The first-order valence-corrected chi connectivity index (χ1v) is 22.0.